The van der Waals surface area contributed by atoms with Crippen LogP contribution in [0.4, 0.5) is 17.2 Å². The number of benzene rings is 2. The maximum atomic E-state index is 9.66. The Bertz CT molecular complexity index is 990. The lowest BCUT2D eigenvalue weighted by Crippen LogP contribution is -1.97. The van der Waals surface area contributed by atoms with Crippen LogP contribution in [-0.4, -0.2) is 26.4 Å². The van der Waals surface area contributed by atoms with Crippen LogP contribution in [0, 0.1) is 0 Å². The van der Waals surface area contributed by atoms with Crippen molar-refractivity contribution in [3.63, 3.8) is 0 Å². The Kier molecular flexibility index (Phi) is 3.73. The highest BCUT2D eigenvalue weighted by Gasteiger charge is 2.19. The molecule has 4 rings (SSSR count). The minimum atomic E-state index is -0.280. The number of hydrogen-bond acceptors (Lipinski definition) is 7. The van der Waals surface area contributed by atoms with Crippen molar-refractivity contribution < 1.29 is 14.9 Å². The molecule has 0 amide bonds. The number of ether oxygens (including phenoxy) is 1. The number of phenolic OH excluding ortho intramolecular Hbond substituents is 2. The Hall–Kier alpha value is -3.13. The van der Waals surface area contributed by atoms with E-state index in [1.54, 1.807) is 0 Å². The van der Waals surface area contributed by atoms with Gasteiger partial charge in [0.2, 0.25) is 0 Å². The van der Waals surface area contributed by atoms with Gasteiger partial charge in [-0.2, -0.15) is 4.98 Å². The normalized spacial score (nSPS) is 11.9. The van der Waals surface area contributed by atoms with E-state index in [4.69, 9.17) is 4.74 Å². The number of fused-ring (bicyclic) bond motifs is 2. The van der Waals surface area contributed by atoms with Gasteiger partial charge in [0, 0.05) is 28.0 Å². The molecule has 0 bridgehead atoms. The van der Waals surface area contributed by atoms with Crippen LogP contribution in [0.25, 0.3) is 0 Å². The minimum Gasteiger partial charge on any atom is -0.504 e. The predicted octanol–water partition coefficient (Wildman–Crippen LogP) is 4.25. The first-order valence-corrected chi connectivity index (χ1v) is 8.05. The molecule has 1 aliphatic heterocycles. The van der Waals surface area contributed by atoms with Crippen LogP contribution < -0.4 is 10.1 Å². The molecular formula is C17H11BrN4O3. The summed E-state index contributed by atoms with van der Waals surface area (Å²) in [6.07, 6.45) is 2.89. The van der Waals surface area contributed by atoms with Crippen LogP contribution in [0.5, 0.6) is 23.1 Å². The number of phenols is 2. The minimum absolute atomic E-state index is 0.245. The van der Waals surface area contributed by atoms with E-state index >= 15 is 0 Å². The quantitative estimate of drug-likeness (QED) is 0.436. The van der Waals surface area contributed by atoms with Crippen LogP contribution in [0.1, 0.15) is 5.56 Å². The smallest absolute Gasteiger partial charge is 0.250 e. The molecule has 0 radical (unpaired) electrons. The number of anilines is 2. The lowest BCUT2D eigenvalue weighted by Gasteiger charge is -2.11. The first kappa shape index (κ1) is 15.4. The second kappa shape index (κ2) is 6.06. The molecule has 0 spiro atoms. The van der Waals surface area contributed by atoms with E-state index in [-0.39, 0.29) is 17.4 Å². The van der Waals surface area contributed by atoms with Gasteiger partial charge in [0.1, 0.15) is 12.1 Å². The SMILES string of the molecule is Oc1cc2c(cc1O)Oc1ncnc(Nc3ccc(Br)cc3)c1N=C2. The number of aromatic hydroxyl groups is 2. The predicted molar refractivity (Wildman–Crippen MR) is 96.6 cm³/mol. The number of hydrogen-bond donors (Lipinski definition) is 3. The zero-order valence-corrected chi connectivity index (χ0v) is 14.2. The van der Waals surface area contributed by atoms with Gasteiger partial charge in [-0.1, -0.05) is 15.9 Å². The van der Waals surface area contributed by atoms with Crippen molar-refractivity contribution in [2.45, 2.75) is 0 Å². The number of nitrogens with zero attached hydrogens (tertiary/aromatic N) is 3. The van der Waals surface area contributed by atoms with E-state index in [0.717, 1.165) is 10.2 Å². The van der Waals surface area contributed by atoms with Crippen LogP contribution in [-0.2, 0) is 0 Å². The van der Waals surface area contributed by atoms with Gasteiger partial charge in [-0.15, -0.1) is 0 Å². The monoisotopic (exact) mass is 398 g/mol. The standard InChI is InChI=1S/C17H11BrN4O3/c18-10-1-3-11(4-2-10)22-16-15-17(21-8-20-16)25-14-6-13(24)12(23)5-9(14)7-19-15/h1-8,23-24H,(H,20,21,22). The Labute approximate surface area is 150 Å². The summed E-state index contributed by atoms with van der Waals surface area (Å²) in [4.78, 5) is 12.7. The Morgan fingerprint density at radius 2 is 1.76 bits per heavy atom. The summed E-state index contributed by atoms with van der Waals surface area (Å²) < 4.78 is 6.71. The number of aliphatic imine (C=N–C) groups is 1. The number of aromatic nitrogens is 2. The van der Waals surface area contributed by atoms with Crippen molar-refractivity contribution in [2.75, 3.05) is 5.32 Å². The molecule has 25 heavy (non-hydrogen) atoms. The highest BCUT2D eigenvalue weighted by Crippen LogP contribution is 2.41. The van der Waals surface area contributed by atoms with E-state index in [0.29, 0.717) is 22.8 Å². The molecule has 0 aliphatic carbocycles. The van der Waals surface area contributed by atoms with Crippen molar-refractivity contribution in [1.82, 2.24) is 9.97 Å². The molecule has 2 heterocycles. The highest BCUT2D eigenvalue weighted by molar-refractivity contribution is 9.10. The first-order chi connectivity index (χ1) is 12.1. The molecule has 0 unspecified atom stereocenters. The maximum absolute atomic E-state index is 9.66. The van der Waals surface area contributed by atoms with Gasteiger partial charge < -0.3 is 20.3 Å². The molecule has 2 aromatic carbocycles. The maximum Gasteiger partial charge on any atom is 0.250 e. The summed E-state index contributed by atoms with van der Waals surface area (Å²) in [5, 5.41) is 22.5. The third kappa shape index (κ3) is 2.99. The lowest BCUT2D eigenvalue weighted by atomic mass is 10.2. The molecule has 3 N–H and O–H groups in total. The van der Waals surface area contributed by atoms with Crippen molar-refractivity contribution in [1.29, 1.82) is 0 Å². The number of nitrogens with one attached hydrogen (secondary N) is 1. The third-order valence-electron chi connectivity index (χ3n) is 3.54. The Morgan fingerprint density at radius 3 is 2.56 bits per heavy atom. The van der Waals surface area contributed by atoms with Gasteiger partial charge in [-0.05, 0) is 30.3 Å². The van der Waals surface area contributed by atoms with Crippen LogP contribution >= 0.6 is 15.9 Å². The molecule has 0 atom stereocenters. The van der Waals surface area contributed by atoms with Crippen LogP contribution in [0.15, 0.2) is 52.2 Å². The summed E-state index contributed by atoms with van der Waals surface area (Å²) in [6.45, 7) is 0. The average Bonchev–Trinajstić information content (AvgIpc) is 2.77. The highest BCUT2D eigenvalue weighted by atomic mass is 79.9. The van der Waals surface area contributed by atoms with Gasteiger partial charge in [0.25, 0.3) is 5.88 Å². The number of halogens is 1. The van der Waals surface area contributed by atoms with E-state index in [1.165, 1.54) is 24.7 Å². The summed E-state index contributed by atoms with van der Waals surface area (Å²) >= 11 is 3.39. The molecule has 1 aliphatic rings. The Morgan fingerprint density at radius 1 is 1.00 bits per heavy atom. The average molecular weight is 399 g/mol. The second-order valence-electron chi connectivity index (χ2n) is 5.25. The molecule has 0 saturated carbocycles. The summed E-state index contributed by atoms with van der Waals surface area (Å²) in [6, 6.07) is 10.3. The fraction of sp³-hybridized carbons (Fsp3) is 0. The van der Waals surface area contributed by atoms with Crippen molar-refractivity contribution in [3.05, 3.63) is 52.8 Å². The fourth-order valence-corrected chi connectivity index (χ4v) is 2.58. The second-order valence-corrected chi connectivity index (χ2v) is 6.16. The van der Waals surface area contributed by atoms with Crippen LogP contribution in [0.3, 0.4) is 0 Å². The van der Waals surface area contributed by atoms with Crippen molar-refractivity contribution in [2.24, 2.45) is 4.99 Å². The van der Waals surface area contributed by atoms with Gasteiger partial charge in [0.15, 0.2) is 23.0 Å². The van der Waals surface area contributed by atoms with E-state index < -0.39 is 0 Å². The topological polar surface area (TPSA) is 99.9 Å². The summed E-state index contributed by atoms with van der Waals surface area (Å²) in [5.41, 5.74) is 1.76. The Balaban J connectivity index is 1.74. The van der Waals surface area contributed by atoms with Gasteiger partial charge in [-0.25, -0.2) is 9.98 Å². The van der Waals surface area contributed by atoms with Crippen molar-refractivity contribution >= 4 is 39.3 Å². The third-order valence-corrected chi connectivity index (χ3v) is 4.07. The first-order valence-electron chi connectivity index (χ1n) is 7.25. The molecule has 124 valence electrons. The molecule has 0 saturated heterocycles. The molecule has 8 heteroatoms. The summed E-state index contributed by atoms with van der Waals surface area (Å²) in [7, 11) is 0. The van der Waals surface area contributed by atoms with Crippen molar-refractivity contribution in [3.8, 4) is 23.1 Å². The zero-order chi connectivity index (χ0) is 17.4. The van der Waals surface area contributed by atoms with E-state index in [1.807, 2.05) is 24.3 Å². The molecular weight excluding hydrogens is 388 g/mol. The molecule has 0 fully saturated rings. The van der Waals surface area contributed by atoms with Gasteiger partial charge >= 0.3 is 0 Å². The van der Waals surface area contributed by atoms with Gasteiger partial charge in [0.05, 0.1) is 0 Å². The van der Waals surface area contributed by atoms with Gasteiger partial charge in [-0.3, -0.25) is 0 Å². The van der Waals surface area contributed by atoms with Crippen LogP contribution in [0.2, 0.25) is 0 Å². The zero-order valence-electron chi connectivity index (χ0n) is 12.6. The molecule has 1 aromatic heterocycles. The van der Waals surface area contributed by atoms with E-state index in [9.17, 15) is 10.2 Å². The molecule has 7 nitrogen and oxygen atoms in total. The fourth-order valence-electron chi connectivity index (χ4n) is 2.32. The summed E-state index contributed by atoms with van der Waals surface area (Å²) in [5.74, 6) is 0.530. The molecule has 3 aromatic rings. The van der Waals surface area contributed by atoms with E-state index in [2.05, 4.69) is 36.2 Å². The number of rotatable bonds is 2. The lowest BCUT2D eigenvalue weighted by molar-refractivity contribution is 0.396. The largest absolute Gasteiger partial charge is 0.504 e.